The summed E-state index contributed by atoms with van der Waals surface area (Å²) in [5.74, 6) is 2.76. The lowest BCUT2D eigenvalue weighted by Crippen LogP contribution is -2.46. The summed E-state index contributed by atoms with van der Waals surface area (Å²) in [5.41, 5.74) is 0. The molecule has 1 nitrogen and oxygen atoms in total. The van der Waals surface area contributed by atoms with Gasteiger partial charge in [0.1, 0.15) is 6.04 Å². The molecule has 0 aromatic rings. The molecule has 0 aliphatic carbocycles. The minimum atomic E-state index is 0.333. The second kappa shape index (κ2) is 3.63. The van der Waals surface area contributed by atoms with Gasteiger partial charge in [0.2, 0.25) is 0 Å². The molecule has 0 amide bonds. The van der Waals surface area contributed by atoms with Crippen molar-refractivity contribution in [3.63, 3.8) is 0 Å². The molecule has 1 heteroatoms. The molecule has 58 valence electrons. The van der Waals surface area contributed by atoms with E-state index in [2.05, 4.69) is 33.9 Å². The van der Waals surface area contributed by atoms with Gasteiger partial charge in [-0.3, -0.25) is 0 Å². The number of terminal acetylenes is 1. The Morgan fingerprint density at radius 1 is 1.50 bits per heavy atom. The summed E-state index contributed by atoms with van der Waals surface area (Å²) in [6, 6.07) is 0.333. The van der Waals surface area contributed by atoms with Crippen LogP contribution in [-0.4, -0.2) is 31.2 Å². The maximum absolute atomic E-state index is 5.32. The van der Waals surface area contributed by atoms with Crippen molar-refractivity contribution in [2.75, 3.05) is 20.6 Å². The minimum absolute atomic E-state index is 0.333. The summed E-state index contributed by atoms with van der Waals surface area (Å²) < 4.78 is 0.938. The largest absolute Gasteiger partial charge is 0.316 e. The summed E-state index contributed by atoms with van der Waals surface area (Å²) in [6.07, 6.45) is 6.52. The molecule has 0 saturated heterocycles. The summed E-state index contributed by atoms with van der Waals surface area (Å²) in [5, 5.41) is 0. The Balaban J connectivity index is 3.99. The fourth-order valence-corrected chi connectivity index (χ4v) is 0.972. The van der Waals surface area contributed by atoms with E-state index in [0.717, 1.165) is 11.0 Å². The lowest BCUT2D eigenvalue weighted by Gasteiger charge is -2.32. The lowest BCUT2D eigenvalue weighted by molar-refractivity contribution is -0.904. The summed E-state index contributed by atoms with van der Waals surface area (Å²) >= 11 is 0. The zero-order valence-electron chi connectivity index (χ0n) is 7.52. The van der Waals surface area contributed by atoms with Crippen molar-refractivity contribution >= 4 is 0 Å². The molecule has 0 aliphatic heterocycles. The number of nitrogens with zero attached hydrogens (tertiary/aromatic N) is 1. The van der Waals surface area contributed by atoms with Crippen LogP contribution in [0.25, 0.3) is 0 Å². The topological polar surface area (TPSA) is 0 Å². The molecule has 0 radical (unpaired) electrons. The van der Waals surface area contributed by atoms with Gasteiger partial charge >= 0.3 is 0 Å². The molecule has 0 saturated carbocycles. The fourth-order valence-electron chi connectivity index (χ4n) is 0.972. The van der Waals surface area contributed by atoms with Crippen molar-refractivity contribution in [1.82, 2.24) is 0 Å². The van der Waals surface area contributed by atoms with Crippen LogP contribution >= 0.6 is 0 Å². The van der Waals surface area contributed by atoms with E-state index in [4.69, 9.17) is 6.42 Å². The van der Waals surface area contributed by atoms with Crippen molar-refractivity contribution < 1.29 is 4.48 Å². The van der Waals surface area contributed by atoms with Gasteiger partial charge in [0.15, 0.2) is 0 Å². The van der Waals surface area contributed by atoms with E-state index < -0.39 is 0 Å². The standard InChI is InChI=1S/C9H18N/c1-6-8-10(4,5)9(3)7-2/h2,9H,6,8H2,1,3-5H3/q+1. The van der Waals surface area contributed by atoms with Gasteiger partial charge in [-0.15, -0.1) is 6.42 Å². The van der Waals surface area contributed by atoms with Crippen LogP contribution in [0.15, 0.2) is 0 Å². The van der Waals surface area contributed by atoms with Gasteiger partial charge in [-0.2, -0.15) is 0 Å². The van der Waals surface area contributed by atoms with Crippen LogP contribution in [0.5, 0.6) is 0 Å². The normalized spacial score (nSPS) is 14.3. The first-order valence-electron chi connectivity index (χ1n) is 3.83. The zero-order valence-corrected chi connectivity index (χ0v) is 7.52. The molecule has 0 N–H and O–H groups in total. The first kappa shape index (κ1) is 9.52. The molecular weight excluding hydrogens is 122 g/mol. The second-order valence-electron chi connectivity index (χ2n) is 3.34. The Morgan fingerprint density at radius 2 is 2.00 bits per heavy atom. The van der Waals surface area contributed by atoms with Gasteiger partial charge in [-0.05, 0) is 19.3 Å². The highest BCUT2D eigenvalue weighted by molar-refractivity contribution is 4.91. The molecule has 1 atom stereocenters. The van der Waals surface area contributed by atoms with Crippen LogP contribution in [0.3, 0.4) is 0 Å². The highest BCUT2D eigenvalue weighted by Crippen LogP contribution is 2.05. The van der Waals surface area contributed by atoms with Gasteiger partial charge in [-0.25, -0.2) is 0 Å². The first-order chi connectivity index (χ1) is 4.54. The van der Waals surface area contributed by atoms with Gasteiger partial charge < -0.3 is 4.48 Å². The van der Waals surface area contributed by atoms with Crippen LogP contribution in [0, 0.1) is 12.3 Å². The maximum atomic E-state index is 5.32. The molecule has 0 aromatic heterocycles. The average molecular weight is 140 g/mol. The number of hydrogen-bond acceptors (Lipinski definition) is 0. The van der Waals surface area contributed by atoms with E-state index in [1.165, 1.54) is 6.42 Å². The van der Waals surface area contributed by atoms with Gasteiger partial charge in [-0.1, -0.05) is 6.92 Å². The average Bonchev–Trinajstić information content (AvgIpc) is 1.86. The Labute approximate surface area is 64.6 Å². The zero-order chi connectivity index (χ0) is 8.20. The monoisotopic (exact) mass is 140 g/mol. The van der Waals surface area contributed by atoms with Crippen LogP contribution in [0.2, 0.25) is 0 Å². The van der Waals surface area contributed by atoms with Gasteiger partial charge in [0, 0.05) is 0 Å². The molecule has 10 heavy (non-hydrogen) atoms. The predicted molar refractivity (Wildman–Crippen MR) is 45.6 cm³/mol. The molecule has 0 bridgehead atoms. The van der Waals surface area contributed by atoms with Crippen LogP contribution in [0.4, 0.5) is 0 Å². The molecule has 0 heterocycles. The Kier molecular flexibility index (Phi) is 3.46. The van der Waals surface area contributed by atoms with E-state index in [1.54, 1.807) is 0 Å². The third kappa shape index (κ3) is 2.41. The third-order valence-corrected chi connectivity index (χ3v) is 2.09. The summed E-state index contributed by atoms with van der Waals surface area (Å²) in [6.45, 7) is 5.43. The Bertz CT molecular complexity index is 130. The molecule has 1 unspecified atom stereocenters. The molecule has 0 aromatic carbocycles. The highest BCUT2D eigenvalue weighted by Gasteiger charge is 2.19. The SMILES string of the molecule is C#CC(C)[N+](C)(C)CCC. The van der Waals surface area contributed by atoms with E-state index >= 15 is 0 Å². The highest BCUT2D eigenvalue weighted by atomic mass is 15.3. The van der Waals surface area contributed by atoms with Crippen molar-refractivity contribution in [1.29, 1.82) is 0 Å². The Hall–Kier alpha value is -0.480. The van der Waals surface area contributed by atoms with E-state index in [-0.39, 0.29) is 0 Å². The predicted octanol–water partition coefficient (Wildman–Crippen LogP) is 1.49. The van der Waals surface area contributed by atoms with Crippen molar-refractivity contribution in [2.24, 2.45) is 0 Å². The van der Waals surface area contributed by atoms with Crippen molar-refractivity contribution in [3.8, 4) is 12.3 Å². The molecule has 0 fully saturated rings. The lowest BCUT2D eigenvalue weighted by atomic mass is 10.2. The first-order valence-corrected chi connectivity index (χ1v) is 3.83. The Morgan fingerprint density at radius 3 is 2.30 bits per heavy atom. The van der Waals surface area contributed by atoms with Crippen LogP contribution < -0.4 is 0 Å². The quantitative estimate of drug-likeness (QED) is 0.411. The number of hydrogen-bond donors (Lipinski definition) is 0. The van der Waals surface area contributed by atoms with Gasteiger partial charge in [0.05, 0.1) is 20.6 Å². The van der Waals surface area contributed by atoms with Crippen LogP contribution in [0.1, 0.15) is 20.3 Å². The van der Waals surface area contributed by atoms with Gasteiger partial charge in [0.25, 0.3) is 0 Å². The molecule has 0 rings (SSSR count). The molecule has 0 aliphatic rings. The number of quaternary nitrogens is 1. The van der Waals surface area contributed by atoms with E-state index in [1.807, 2.05) is 0 Å². The number of rotatable bonds is 3. The molecular formula is C9H18N+. The minimum Gasteiger partial charge on any atom is -0.316 e. The third-order valence-electron chi connectivity index (χ3n) is 2.09. The maximum Gasteiger partial charge on any atom is 0.147 e. The van der Waals surface area contributed by atoms with Crippen molar-refractivity contribution in [2.45, 2.75) is 26.3 Å². The second-order valence-corrected chi connectivity index (χ2v) is 3.34. The summed E-state index contributed by atoms with van der Waals surface area (Å²) in [7, 11) is 4.35. The molecule has 0 spiro atoms. The fraction of sp³-hybridized carbons (Fsp3) is 0.778. The van der Waals surface area contributed by atoms with Crippen molar-refractivity contribution in [3.05, 3.63) is 0 Å². The van der Waals surface area contributed by atoms with Crippen LogP contribution in [-0.2, 0) is 0 Å². The smallest absolute Gasteiger partial charge is 0.147 e. The van der Waals surface area contributed by atoms with E-state index in [9.17, 15) is 0 Å². The summed E-state index contributed by atoms with van der Waals surface area (Å²) in [4.78, 5) is 0. The van der Waals surface area contributed by atoms with E-state index in [0.29, 0.717) is 6.04 Å².